The van der Waals surface area contributed by atoms with Gasteiger partial charge in [0.2, 0.25) is 0 Å². The molecule has 8 heteroatoms. The summed E-state index contributed by atoms with van der Waals surface area (Å²) in [5, 5.41) is 10.2. The molecule has 0 fully saturated rings. The second-order valence-electron chi connectivity index (χ2n) is 2.35. The van der Waals surface area contributed by atoms with Crippen LogP contribution < -0.4 is 0 Å². The molecule has 1 rings (SSSR count). The van der Waals surface area contributed by atoms with E-state index in [1.807, 2.05) is 0 Å². The fourth-order valence-electron chi connectivity index (χ4n) is 0.793. The molecule has 0 unspecified atom stereocenters. The number of hydrogen-bond acceptors (Lipinski definition) is 4. The zero-order valence-electron chi connectivity index (χ0n) is 6.55. The van der Waals surface area contributed by atoms with Gasteiger partial charge in [-0.15, -0.1) is 0 Å². The van der Waals surface area contributed by atoms with Gasteiger partial charge in [-0.25, -0.2) is 0 Å². The standard InChI is InChI=1S/C6H4ClNO5S/c7-5-2-1-4(14(11,12)13)3-6(5)8(9)10/h1-3H,(H,11,12,13). The third-order valence-electron chi connectivity index (χ3n) is 1.41. The molecule has 0 atom stereocenters. The van der Waals surface area contributed by atoms with Crippen LogP contribution in [0.2, 0.25) is 5.02 Å². The van der Waals surface area contributed by atoms with E-state index in [4.69, 9.17) is 16.2 Å². The maximum Gasteiger partial charge on any atom is 0.294 e. The lowest BCUT2D eigenvalue weighted by Gasteiger charge is -1.98. The molecule has 0 saturated heterocycles. The first kappa shape index (κ1) is 10.9. The fraction of sp³-hybridized carbons (Fsp3) is 0. The molecule has 0 radical (unpaired) electrons. The van der Waals surface area contributed by atoms with Crippen molar-refractivity contribution in [3.05, 3.63) is 33.3 Å². The van der Waals surface area contributed by atoms with Crippen LogP contribution in [0.15, 0.2) is 23.1 Å². The van der Waals surface area contributed by atoms with Crippen LogP contribution in [0.3, 0.4) is 0 Å². The number of hydrogen-bond donors (Lipinski definition) is 1. The van der Waals surface area contributed by atoms with Crippen molar-refractivity contribution in [3.63, 3.8) is 0 Å². The van der Waals surface area contributed by atoms with Gasteiger partial charge >= 0.3 is 0 Å². The van der Waals surface area contributed by atoms with Gasteiger partial charge in [-0.3, -0.25) is 14.7 Å². The molecule has 76 valence electrons. The lowest BCUT2D eigenvalue weighted by atomic mass is 10.3. The normalized spacial score (nSPS) is 11.3. The number of nitro benzene ring substituents is 1. The van der Waals surface area contributed by atoms with Crippen LogP contribution in [-0.2, 0) is 10.1 Å². The smallest absolute Gasteiger partial charge is 0.282 e. The molecular weight excluding hydrogens is 234 g/mol. The number of nitro groups is 1. The molecule has 1 N–H and O–H groups in total. The largest absolute Gasteiger partial charge is 0.294 e. The molecule has 0 bridgehead atoms. The predicted molar refractivity (Wildman–Crippen MR) is 47.9 cm³/mol. The molecule has 0 aliphatic carbocycles. The SMILES string of the molecule is O=[N+]([O-])c1cc(S(=O)(=O)O)ccc1Cl. The Kier molecular flexibility index (Phi) is 2.74. The Bertz CT molecular complexity index is 483. The Hall–Kier alpha value is -1.18. The predicted octanol–water partition coefficient (Wildman–Crippen LogP) is 1.49. The summed E-state index contributed by atoms with van der Waals surface area (Å²) in [6.45, 7) is 0. The fourth-order valence-corrected chi connectivity index (χ4v) is 1.48. The Labute approximate surface area is 84.0 Å². The topological polar surface area (TPSA) is 97.5 Å². The van der Waals surface area contributed by atoms with Crippen LogP contribution in [0, 0.1) is 10.1 Å². The average Bonchev–Trinajstić information content (AvgIpc) is 2.02. The summed E-state index contributed by atoms with van der Waals surface area (Å²) in [5.74, 6) is 0. The Morgan fingerprint density at radius 3 is 2.43 bits per heavy atom. The van der Waals surface area contributed by atoms with E-state index in [0.29, 0.717) is 6.07 Å². The van der Waals surface area contributed by atoms with Crippen molar-refractivity contribution >= 4 is 27.4 Å². The minimum Gasteiger partial charge on any atom is -0.282 e. The summed E-state index contributed by atoms with van der Waals surface area (Å²) in [7, 11) is -4.44. The van der Waals surface area contributed by atoms with Gasteiger partial charge in [0, 0.05) is 6.07 Å². The summed E-state index contributed by atoms with van der Waals surface area (Å²) in [4.78, 5) is 8.95. The molecule has 6 nitrogen and oxygen atoms in total. The molecule has 0 saturated carbocycles. The molecule has 1 aromatic rings. The van der Waals surface area contributed by atoms with Gasteiger partial charge in [0.25, 0.3) is 15.8 Å². The van der Waals surface area contributed by atoms with Crippen molar-refractivity contribution in [2.24, 2.45) is 0 Å². The van der Waals surface area contributed by atoms with Gasteiger partial charge in [0.15, 0.2) is 0 Å². The highest BCUT2D eigenvalue weighted by atomic mass is 35.5. The van der Waals surface area contributed by atoms with Crippen molar-refractivity contribution in [2.45, 2.75) is 4.90 Å². The molecule has 0 aliphatic heterocycles. The number of rotatable bonds is 2. The Morgan fingerprint density at radius 2 is 2.00 bits per heavy atom. The highest BCUT2D eigenvalue weighted by Gasteiger charge is 2.18. The van der Waals surface area contributed by atoms with Crippen LogP contribution in [0.5, 0.6) is 0 Å². The maximum atomic E-state index is 10.6. The molecule has 0 spiro atoms. The molecular formula is C6H4ClNO5S. The third-order valence-corrected chi connectivity index (χ3v) is 2.58. The van der Waals surface area contributed by atoms with E-state index in [0.717, 1.165) is 12.1 Å². The Morgan fingerprint density at radius 1 is 1.43 bits per heavy atom. The number of halogens is 1. The van der Waals surface area contributed by atoms with Crippen molar-refractivity contribution in [2.75, 3.05) is 0 Å². The van der Waals surface area contributed by atoms with Gasteiger partial charge in [0.1, 0.15) is 9.92 Å². The van der Waals surface area contributed by atoms with Crippen LogP contribution in [0.25, 0.3) is 0 Å². The molecule has 1 aromatic carbocycles. The van der Waals surface area contributed by atoms with Crippen molar-refractivity contribution in [1.29, 1.82) is 0 Å². The molecule has 0 heterocycles. The van der Waals surface area contributed by atoms with Gasteiger partial charge in [-0.1, -0.05) is 11.6 Å². The maximum absolute atomic E-state index is 10.6. The van der Waals surface area contributed by atoms with E-state index in [1.165, 1.54) is 0 Å². The van der Waals surface area contributed by atoms with Crippen LogP contribution in [0.4, 0.5) is 5.69 Å². The number of nitrogens with zero attached hydrogens (tertiary/aromatic N) is 1. The van der Waals surface area contributed by atoms with Gasteiger partial charge in [-0.2, -0.15) is 8.42 Å². The molecule has 0 aromatic heterocycles. The quantitative estimate of drug-likeness (QED) is 0.477. The zero-order chi connectivity index (χ0) is 10.9. The highest BCUT2D eigenvalue weighted by Crippen LogP contribution is 2.26. The van der Waals surface area contributed by atoms with Crippen molar-refractivity contribution in [3.8, 4) is 0 Å². The second-order valence-corrected chi connectivity index (χ2v) is 4.17. The summed E-state index contributed by atoms with van der Waals surface area (Å²) in [5.41, 5.74) is -0.568. The monoisotopic (exact) mass is 237 g/mol. The summed E-state index contributed by atoms with van der Waals surface area (Å²) in [6, 6.07) is 2.70. The van der Waals surface area contributed by atoms with Gasteiger partial charge < -0.3 is 0 Å². The van der Waals surface area contributed by atoms with Crippen LogP contribution >= 0.6 is 11.6 Å². The van der Waals surface area contributed by atoms with E-state index in [-0.39, 0.29) is 5.02 Å². The van der Waals surface area contributed by atoms with E-state index < -0.39 is 25.6 Å². The van der Waals surface area contributed by atoms with Crippen molar-refractivity contribution in [1.82, 2.24) is 0 Å². The highest BCUT2D eigenvalue weighted by molar-refractivity contribution is 7.85. The first-order valence-electron chi connectivity index (χ1n) is 3.24. The number of benzene rings is 1. The zero-order valence-corrected chi connectivity index (χ0v) is 8.12. The minimum absolute atomic E-state index is 0.192. The van der Waals surface area contributed by atoms with Crippen molar-refractivity contribution < 1.29 is 17.9 Å². The van der Waals surface area contributed by atoms with Crippen LogP contribution in [-0.4, -0.2) is 17.9 Å². The van der Waals surface area contributed by atoms with E-state index in [9.17, 15) is 18.5 Å². The molecule has 0 aliphatic rings. The molecule has 14 heavy (non-hydrogen) atoms. The molecule has 0 amide bonds. The first-order chi connectivity index (χ1) is 6.32. The summed E-state index contributed by atoms with van der Waals surface area (Å²) < 4.78 is 29.8. The summed E-state index contributed by atoms with van der Waals surface area (Å²) in [6.07, 6.45) is 0. The van der Waals surface area contributed by atoms with E-state index in [1.54, 1.807) is 0 Å². The Balaban J connectivity index is 3.42. The lowest BCUT2D eigenvalue weighted by molar-refractivity contribution is -0.384. The summed E-state index contributed by atoms with van der Waals surface area (Å²) >= 11 is 5.42. The lowest BCUT2D eigenvalue weighted by Crippen LogP contribution is -1.99. The van der Waals surface area contributed by atoms with Crippen LogP contribution in [0.1, 0.15) is 0 Å². The van der Waals surface area contributed by atoms with Gasteiger partial charge in [0.05, 0.1) is 4.92 Å². The van der Waals surface area contributed by atoms with E-state index >= 15 is 0 Å². The van der Waals surface area contributed by atoms with E-state index in [2.05, 4.69) is 0 Å². The average molecular weight is 238 g/mol. The second kappa shape index (κ2) is 3.52. The first-order valence-corrected chi connectivity index (χ1v) is 5.05. The van der Waals surface area contributed by atoms with Gasteiger partial charge in [-0.05, 0) is 12.1 Å². The minimum atomic E-state index is -4.44. The third kappa shape index (κ3) is 2.19.